The van der Waals surface area contributed by atoms with E-state index >= 15 is 0 Å². The van der Waals surface area contributed by atoms with E-state index in [1.165, 1.54) is 16.5 Å². The highest BCUT2D eigenvalue weighted by Crippen LogP contribution is 2.28. The van der Waals surface area contributed by atoms with Crippen LogP contribution in [0.4, 0.5) is 23.4 Å². The van der Waals surface area contributed by atoms with E-state index in [2.05, 4.69) is 4.98 Å². The fraction of sp³-hybridized carbons (Fsp3) is 0. The van der Waals surface area contributed by atoms with Crippen molar-refractivity contribution in [3.63, 3.8) is 0 Å². The monoisotopic (exact) mass is 281 g/mol. The number of rotatable bonds is 1. The third-order valence-corrected chi connectivity index (χ3v) is 2.88. The lowest BCUT2D eigenvalue weighted by atomic mass is 10.1. The number of nitrogens with two attached hydrogens (primary N) is 1. The van der Waals surface area contributed by atoms with Crippen molar-refractivity contribution in [2.24, 2.45) is 0 Å². The van der Waals surface area contributed by atoms with Gasteiger partial charge in [-0.05, 0) is 24.3 Å². The molecule has 0 fully saturated rings. The molecule has 2 aromatic heterocycles. The molecule has 102 valence electrons. The number of imidazole rings is 1. The molecular formula is C13H7F4N3. The van der Waals surface area contributed by atoms with Crippen LogP contribution in [0.3, 0.4) is 0 Å². The maximum Gasteiger partial charge on any atom is 0.194 e. The summed E-state index contributed by atoms with van der Waals surface area (Å²) in [4.78, 5) is 4.05. The molecule has 0 aliphatic rings. The van der Waals surface area contributed by atoms with E-state index < -0.39 is 23.3 Å². The first kappa shape index (κ1) is 12.5. The normalized spacial score (nSPS) is 11.2. The van der Waals surface area contributed by atoms with Crippen molar-refractivity contribution in [1.82, 2.24) is 9.38 Å². The van der Waals surface area contributed by atoms with Gasteiger partial charge in [-0.1, -0.05) is 0 Å². The number of nitrogens with zero attached hydrogens (tertiary/aromatic N) is 2. The van der Waals surface area contributed by atoms with Crippen LogP contribution in [-0.2, 0) is 0 Å². The van der Waals surface area contributed by atoms with Crippen LogP contribution in [0.5, 0.6) is 0 Å². The second-order valence-electron chi connectivity index (χ2n) is 4.18. The molecule has 0 spiro atoms. The summed E-state index contributed by atoms with van der Waals surface area (Å²) >= 11 is 0. The highest BCUT2D eigenvalue weighted by Gasteiger charge is 2.17. The first-order valence-electron chi connectivity index (χ1n) is 5.55. The van der Waals surface area contributed by atoms with Gasteiger partial charge in [0.2, 0.25) is 0 Å². The maximum absolute atomic E-state index is 13.2. The number of pyridine rings is 1. The number of hydrogen-bond donors (Lipinski definition) is 1. The summed E-state index contributed by atoms with van der Waals surface area (Å²) < 4.78 is 53.8. The van der Waals surface area contributed by atoms with Gasteiger partial charge in [-0.15, -0.1) is 0 Å². The van der Waals surface area contributed by atoms with Crippen molar-refractivity contribution < 1.29 is 17.6 Å². The Morgan fingerprint density at radius 3 is 2.30 bits per heavy atom. The van der Waals surface area contributed by atoms with Gasteiger partial charge in [0.05, 0.1) is 0 Å². The Balaban J connectivity index is 2.27. The third-order valence-electron chi connectivity index (χ3n) is 2.88. The Morgan fingerprint density at radius 1 is 1.00 bits per heavy atom. The third kappa shape index (κ3) is 1.78. The molecular weight excluding hydrogens is 274 g/mol. The SMILES string of the molecule is Nc1c(-c2cc(F)c(F)c(F)c2)nc2ccc(F)cn12. The average molecular weight is 281 g/mol. The molecule has 0 saturated heterocycles. The van der Waals surface area contributed by atoms with E-state index in [4.69, 9.17) is 5.73 Å². The second kappa shape index (κ2) is 4.22. The van der Waals surface area contributed by atoms with Crippen LogP contribution in [0.2, 0.25) is 0 Å². The lowest BCUT2D eigenvalue weighted by Crippen LogP contribution is -1.96. The van der Waals surface area contributed by atoms with E-state index in [0.717, 1.165) is 18.3 Å². The first-order chi connectivity index (χ1) is 9.47. The van der Waals surface area contributed by atoms with Crippen LogP contribution >= 0.6 is 0 Å². The minimum atomic E-state index is -1.57. The Hall–Kier alpha value is -2.57. The number of nitrogen functional groups attached to an aromatic ring is 1. The van der Waals surface area contributed by atoms with Gasteiger partial charge in [-0.2, -0.15) is 0 Å². The Morgan fingerprint density at radius 2 is 1.65 bits per heavy atom. The average Bonchev–Trinajstić information content (AvgIpc) is 2.73. The van der Waals surface area contributed by atoms with Crippen molar-refractivity contribution >= 4 is 11.5 Å². The van der Waals surface area contributed by atoms with E-state index in [-0.39, 0.29) is 17.1 Å². The summed E-state index contributed by atoms with van der Waals surface area (Å²) in [5.41, 5.74) is 6.11. The number of benzene rings is 1. The predicted octanol–water partition coefficient (Wildman–Crippen LogP) is 3.14. The minimum absolute atomic E-state index is 0.00454. The molecule has 3 rings (SSSR count). The van der Waals surface area contributed by atoms with Crippen molar-refractivity contribution in [1.29, 1.82) is 0 Å². The molecule has 0 amide bonds. The van der Waals surface area contributed by atoms with Crippen LogP contribution in [0.15, 0.2) is 30.5 Å². The molecule has 0 aliphatic heterocycles. The molecule has 0 unspecified atom stereocenters. The molecule has 20 heavy (non-hydrogen) atoms. The lowest BCUT2D eigenvalue weighted by Gasteiger charge is -2.02. The maximum atomic E-state index is 13.2. The Labute approximate surface area is 110 Å². The second-order valence-corrected chi connectivity index (χ2v) is 4.18. The number of hydrogen-bond acceptors (Lipinski definition) is 2. The number of anilines is 1. The number of halogens is 4. The van der Waals surface area contributed by atoms with Gasteiger partial charge < -0.3 is 5.73 Å². The van der Waals surface area contributed by atoms with E-state index in [1.807, 2.05) is 0 Å². The Bertz CT molecular complexity index is 803. The highest BCUT2D eigenvalue weighted by atomic mass is 19.2. The molecule has 2 N–H and O–H groups in total. The first-order valence-corrected chi connectivity index (χ1v) is 5.55. The van der Waals surface area contributed by atoms with Gasteiger partial charge >= 0.3 is 0 Å². The van der Waals surface area contributed by atoms with Crippen LogP contribution < -0.4 is 5.73 Å². The molecule has 0 atom stereocenters. The van der Waals surface area contributed by atoms with Gasteiger partial charge in [0.1, 0.15) is 23.0 Å². The molecule has 1 aromatic carbocycles. The highest BCUT2D eigenvalue weighted by molar-refractivity contribution is 5.74. The molecule has 3 aromatic rings. The van der Waals surface area contributed by atoms with Crippen molar-refractivity contribution in [3.05, 3.63) is 53.7 Å². The summed E-state index contributed by atoms with van der Waals surface area (Å²) in [5, 5.41) is 0. The van der Waals surface area contributed by atoms with E-state index in [9.17, 15) is 17.6 Å². The van der Waals surface area contributed by atoms with Gasteiger partial charge in [0.15, 0.2) is 17.5 Å². The molecule has 3 nitrogen and oxygen atoms in total. The number of aromatic nitrogens is 2. The minimum Gasteiger partial charge on any atom is -0.383 e. The van der Waals surface area contributed by atoms with Crippen LogP contribution in [0.25, 0.3) is 16.9 Å². The van der Waals surface area contributed by atoms with E-state index in [1.54, 1.807) is 0 Å². The quantitative estimate of drug-likeness (QED) is 0.550. The fourth-order valence-electron chi connectivity index (χ4n) is 1.94. The largest absolute Gasteiger partial charge is 0.383 e. The van der Waals surface area contributed by atoms with Crippen LogP contribution in [-0.4, -0.2) is 9.38 Å². The Kier molecular flexibility index (Phi) is 2.63. The van der Waals surface area contributed by atoms with Gasteiger partial charge in [-0.3, -0.25) is 4.40 Å². The summed E-state index contributed by atoms with van der Waals surface area (Å²) in [6, 6.07) is 4.11. The van der Waals surface area contributed by atoms with E-state index in [0.29, 0.717) is 5.65 Å². The van der Waals surface area contributed by atoms with Crippen LogP contribution in [0, 0.1) is 23.3 Å². The van der Waals surface area contributed by atoms with Gasteiger partial charge in [0, 0.05) is 11.8 Å². The summed E-state index contributed by atoms with van der Waals surface area (Å²) in [6.07, 6.45) is 1.09. The smallest absolute Gasteiger partial charge is 0.194 e. The van der Waals surface area contributed by atoms with Gasteiger partial charge in [0.25, 0.3) is 0 Å². The standard InChI is InChI=1S/C13H7F4N3/c14-7-1-2-10-19-12(13(18)20(10)5-7)6-3-8(15)11(17)9(16)4-6/h1-5H,18H2. The van der Waals surface area contributed by atoms with Gasteiger partial charge in [-0.25, -0.2) is 22.5 Å². The predicted molar refractivity (Wildman–Crippen MR) is 64.9 cm³/mol. The molecule has 0 aliphatic carbocycles. The van der Waals surface area contributed by atoms with Crippen molar-refractivity contribution in [3.8, 4) is 11.3 Å². The van der Waals surface area contributed by atoms with Crippen molar-refractivity contribution in [2.75, 3.05) is 5.73 Å². The zero-order chi connectivity index (χ0) is 14.4. The summed E-state index contributed by atoms with van der Waals surface area (Å²) in [7, 11) is 0. The lowest BCUT2D eigenvalue weighted by molar-refractivity contribution is 0.447. The number of fused-ring (bicyclic) bond motifs is 1. The summed E-state index contributed by atoms with van der Waals surface area (Å²) in [5.74, 6) is -4.79. The molecule has 0 radical (unpaired) electrons. The zero-order valence-corrected chi connectivity index (χ0v) is 9.87. The molecule has 0 saturated carbocycles. The zero-order valence-electron chi connectivity index (χ0n) is 9.87. The van der Waals surface area contributed by atoms with Crippen LogP contribution in [0.1, 0.15) is 0 Å². The topological polar surface area (TPSA) is 43.3 Å². The molecule has 7 heteroatoms. The van der Waals surface area contributed by atoms with Crippen molar-refractivity contribution in [2.45, 2.75) is 0 Å². The fourth-order valence-corrected chi connectivity index (χ4v) is 1.94. The molecule has 0 bridgehead atoms. The molecule has 2 heterocycles. The summed E-state index contributed by atoms with van der Waals surface area (Å²) in [6.45, 7) is 0.